The van der Waals surface area contributed by atoms with Gasteiger partial charge in [0.05, 0.1) is 6.04 Å². The maximum Gasteiger partial charge on any atom is 0.150 e. The Balaban J connectivity index is 2.22. The Morgan fingerprint density at radius 2 is 2.36 bits per heavy atom. The molecule has 0 aliphatic carbocycles. The van der Waals surface area contributed by atoms with Gasteiger partial charge in [-0.05, 0) is 32.7 Å². The van der Waals surface area contributed by atoms with Crippen molar-refractivity contribution in [3.8, 4) is 0 Å². The van der Waals surface area contributed by atoms with Crippen LogP contribution in [0.1, 0.15) is 43.9 Å². The minimum Gasteiger partial charge on any atom is -0.314 e. The lowest BCUT2D eigenvalue weighted by atomic mass is 10.2. The summed E-state index contributed by atoms with van der Waals surface area (Å²) in [5.74, 6) is 2.16. The van der Waals surface area contributed by atoms with E-state index in [2.05, 4.69) is 27.0 Å². The van der Waals surface area contributed by atoms with E-state index in [1.807, 2.05) is 6.92 Å². The van der Waals surface area contributed by atoms with Crippen molar-refractivity contribution in [3.63, 3.8) is 0 Å². The highest BCUT2D eigenvalue weighted by Gasteiger charge is 2.22. The third kappa shape index (κ3) is 1.66. The van der Waals surface area contributed by atoms with Crippen molar-refractivity contribution in [3.05, 3.63) is 11.6 Å². The van der Waals surface area contributed by atoms with Gasteiger partial charge in [0, 0.05) is 6.54 Å². The summed E-state index contributed by atoms with van der Waals surface area (Å²) in [7, 11) is 0. The second-order valence-electron chi connectivity index (χ2n) is 3.91. The monoisotopic (exact) mass is 194 g/mol. The van der Waals surface area contributed by atoms with Gasteiger partial charge in [-0.15, -0.1) is 10.2 Å². The van der Waals surface area contributed by atoms with Gasteiger partial charge in [-0.2, -0.15) is 0 Å². The molecule has 1 N–H and O–H groups in total. The fourth-order valence-corrected chi connectivity index (χ4v) is 2.06. The van der Waals surface area contributed by atoms with Gasteiger partial charge in [0.25, 0.3) is 0 Å². The highest BCUT2D eigenvalue weighted by molar-refractivity contribution is 5.02. The van der Waals surface area contributed by atoms with Crippen molar-refractivity contribution in [1.82, 2.24) is 20.1 Å². The molecule has 0 aromatic carbocycles. The Morgan fingerprint density at radius 3 is 3.00 bits per heavy atom. The van der Waals surface area contributed by atoms with Crippen molar-refractivity contribution >= 4 is 0 Å². The number of hydrogen-bond acceptors (Lipinski definition) is 3. The van der Waals surface area contributed by atoms with Gasteiger partial charge in [0.15, 0.2) is 0 Å². The molecule has 1 aliphatic heterocycles. The molecule has 1 saturated heterocycles. The summed E-state index contributed by atoms with van der Waals surface area (Å²) in [5, 5.41) is 11.9. The minimum absolute atomic E-state index is 0.433. The molecular weight excluding hydrogens is 176 g/mol. The van der Waals surface area contributed by atoms with E-state index in [9.17, 15) is 0 Å². The Bertz CT molecular complexity index is 299. The molecule has 4 nitrogen and oxygen atoms in total. The summed E-state index contributed by atoms with van der Waals surface area (Å²) in [6.45, 7) is 6.36. The molecule has 78 valence electrons. The SMILES string of the molecule is CCCn1c(C)nnc1C1CCCN1. The van der Waals surface area contributed by atoms with Crippen LogP contribution in [-0.4, -0.2) is 21.3 Å². The molecule has 0 spiro atoms. The first-order valence-electron chi connectivity index (χ1n) is 5.46. The molecule has 1 aromatic rings. The number of rotatable bonds is 3. The second-order valence-corrected chi connectivity index (χ2v) is 3.91. The minimum atomic E-state index is 0.433. The molecule has 1 fully saturated rings. The molecule has 1 aliphatic rings. The van der Waals surface area contributed by atoms with Gasteiger partial charge >= 0.3 is 0 Å². The first-order valence-corrected chi connectivity index (χ1v) is 5.46. The van der Waals surface area contributed by atoms with Crippen LogP contribution in [0.4, 0.5) is 0 Å². The van der Waals surface area contributed by atoms with Crippen LogP contribution < -0.4 is 5.32 Å². The molecule has 0 amide bonds. The van der Waals surface area contributed by atoms with Crippen molar-refractivity contribution in [2.24, 2.45) is 0 Å². The van der Waals surface area contributed by atoms with Crippen LogP contribution in [-0.2, 0) is 6.54 Å². The lowest BCUT2D eigenvalue weighted by molar-refractivity contribution is 0.536. The van der Waals surface area contributed by atoms with Crippen molar-refractivity contribution in [1.29, 1.82) is 0 Å². The Labute approximate surface area is 84.7 Å². The number of aromatic nitrogens is 3. The topological polar surface area (TPSA) is 42.7 Å². The highest BCUT2D eigenvalue weighted by Crippen LogP contribution is 2.21. The lowest BCUT2D eigenvalue weighted by Gasteiger charge is -2.12. The third-order valence-corrected chi connectivity index (χ3v) is 2.78. The molecule has 2 heterocycles. The smallest absolute Gasteiger partial charge is 0.150 e. The molecule has 1 atom stereocenters. The predicted octanol–water partition coefficient (Wildman–Crippen LogP) is 1.42. The van der Waals surface area contributed by atoms with Crippen LogP contribution in [0.3, 0.4) is 0 Å². The van der Waals surface area contributed by atoms with Crippen molar-refractivity contribution in [2.45, 2.75) is 45.7 Å². The van der Waals surface area contributed by atoms with Gasteiger partial charge in [0.1, 0.15) is 11.6 Å². The highest BCUT2D eigenvalue weighted by atomic mass is 15.3. The fraction of sp³-hybridized carbons (Fsp3) is 0.800. The summed E-state index contributed by atoms with van der Waals surface area (Å²) in [5.41, 5.74) is 0. The van der Waals surface area contributed by atoms with E-state index < -0.39 is 0 Å². The van der Waals surface area contributed by atoms with Gasteiger partial charge in [0.2, 0.25) is 0 Å². The van der Waals surface area contributed by atoms with E-state index in [1.54, 1.807) is 0 Å². The van der Waals surface area contributed by atoms with Gasteiger partial charge < -0.3 is 9.88 Å². The molecule has 0 bridgehead atoms. The maximum atomic E-state index is 4.27. The van der Waals surface area contributed by atoms with E-state index in [1.165, 1.54) is 12.8 Å². The van der Waals surface area contributed by atoms with E-state index >= 15 is 0 Å². The molecule has 14 heavy (non-hydrogen) atoms. The van der Waals surface area contributed by atoms with Gasteiger partial charge in [-0.25, -0.2) is 0 Å². The first kappa shape index (κ1) is 9.65. The zero-order chi connectivity index (χ0) is 9.97. The Kier molecular flexibility index (Phi) is 2.82. The van der Waals surface area contributed by atoms with Crippen LogP contribution >= 0.6 is 0 Å². The summed E-state index contributed by atoms with van der Waals surface area (Å²) >= 11 is 0. The molecule has 1 aromatic heterocycles. The average Bonchev–Trinajstić information content (AvgIpc) is 2.77. The van der Waals surface area contributed by atoms with Gasteiger partial charge in [-0.1, -0.05) is 6.92 Å². The second kappa shape index (κ2) is 4.09. The third-order valence-electron chi connectivity index (χ3n) is 2.78. The van der Waals surface area contributed by atoms with Gasteiger partial charge in [-0.3, -0.25) is 0 Å². The zero-order valence-corrected chi connectivity index (χ0v) is 8.95. The predicted molar refractivity (Wildman–Crippen MR) is 55.0 cm³/mol. The van der Waals surface area contributed by atoms with Crippen LogP contribution in [0.25, 0.3) is 0 Å². The van der Waals surface area contributed by atoms with Crippen molar-refractivity contribution in [2.75, 3.05) is 6.54 Å². The molecule has 4 heteroatoms. The molecular formula is C10H18N4. The number of hydrogen-bond donors (Lipinski definition) is 1. The van der Waals surface area contributed by atoms with Crippen LogP contribution in [0.15, 0.2) is 0 Å². The van der Waals surface area contributed by atoms with E-state index in [0.717, 1.165) is 31.2 Å². The lowest BCUT2D eigenvalue weighted by Crippen LogP contribution is -2.18. The van der Waals surface area contributed by atoms with Crippen LogP contribution in [0.5, 0.6) is 0 Å². The van der Waals surface area contributed by atoms with E-state index in [4.69, 9.17) is 0 Å². The quantitative estimate of drug-likeness (QED) is 0.791. The fourth-order valence-electron chi connectivity index (χ4n) is 2.06. The maximum absolute atomic E-state index is 4.27. The summed E-state index contributed by atoms with van der Waals surface area (Å²) < 4.78 is 2.24. The summed E-state index contributed by atoms with van der Waals surface area (Å²) in [4.78, 5) is 0. The summed E-state index contributed by atoms with van der Waals surface area (Å²) in [6.07, 6.45) is 3.59. The summed E-state index contributed by atoms with van der Waals surface area (Å²) in [6, 6.07) is 0.433. The van der Waals surface area contributed by atoms with Crippen LogP contribution in [0.2, 0.25) is 0 Å². The molecule has 1 unspecified atom stereocenters. The Hall–Kier alpha value is -0.900. The number of aryl methyl sites for hydroxylation is 1. The van der Waals surface area contributed by atoms with E-state index in [-0.39, 0.29) is 0 Å². The van der Waals surface area contributed by atoms with Crippen molar-refractivity contribution < 1.29 is 0 Å². The largest absolute Gasteiger partial charge is 0.314 e. The average molecular weight is 194 g/mol. The first-order chi connectivity index (χ1) is 6.83. The van der Waals surface area contributed by atoms with Crippen LogP contribution in [0, 0.1) is 6.92 Å². The molecule has 0 radical (unpaired) electrons. The zero-order valence-electron chi connectivity index (χ0n) is 8.95. The normalized spacial score (nSPS) is 21.7. The standard InChI is InChI=1S/C10H18N4/c1-3-7-14-8(2)12-13-10(14)9-5-4-6-11-9/h9,11H,3-7H2,1-2H3. The molecule has 2 rings (SSSR count). The Morgan fingerprint density at radius 1 is 1.50 bits per heavy atom. The van der Waals surface area contributed by atoms with E-state index in [0.29, 0.717) is 6.04 Å². The number of nitrogens with one attached hydrogen (secondary N) is 1. The molecule has 0 saturated carbocycles. The number of nitrogens with zero attached hydrogens (tertiary/aromatic N) is 3.